The highest BCUT2D eigenvalue weighted by molar-refractivity contribution is 6.42. The maximum atomic E-state index is 2.70. The Hall–Kier alpha value is -18.2. The second-order valence-corrected chi connectivity index (χ2v) is 40.0. The van der Waals surface area contributed by atoms with E-state index in [2.05, 4.69) is 514 Å². The van der Waals surface area contributed by atoms with Crippen molar-refractivity contribution in [2.24, 2.45) is 0 Å². The Kier molecular flexibility index (Phi) is 18.7. The fourth-order valence-corrected chi connectivity index (χ4v) is 26.1. The van der Waals surface area contributed by atoms with E-state index in [9.17, 15) is 0 Å². The first-order chi connectivity index (χ1) is 72.3. The van der Waals surface area contributed by atoms with E-state index in [1.165, 1.54) is 226 Å². The van der Waals surface area contributed by atoms with Gasteiger partial charge in [-0.3, -0.25) is 0 Å². The standard InChI is InChI=1S/C138H98N8/c1-5-87-69-81-99(82-70-87)139(95-43-17-9-18-44-95)111-61-33-65-115-123(111)102-52-30-57-107-129-121(137-127(119(91-39-13-7-14-40-91)135(129)143(115)132(102)107)105-55-29-51-101-124-112(62-34-66-116(124)144(137)131(101)105)140(96-45-19-10-20-46-96)100-83-71-88(6-2)72-84-100)93-77-73-89(74-78-93)90-75-79-94(80-76-90)122-130-108-58-32-54-104-125-113(141(97-47-21-11-22-48-97)109-59-27-25-37-85(109)3)63-35-67-117(125)145(134(104)108)136(130)120(92-41-15-8-16-42-92)128-106-56-31-53-103-126-114(64-36-68-118(126)146(133(103)106)138(122)128)142(98-49-23-12-24-50-98)110-60-28-26-38-86(110)4/h7-21,23,25-47,49,51-84H,5-6,22,24,48,50H2,1-4H3. The zero-order valence-corrected chi connectivity index (χ0v) is 81.5. The summed E-state index contributed by atoms with van der Waals surface area (Å²) in [6.07, 6.45) is 19.5. The van der Waals surface area contributed by atoms with Gasteiger partial charge in [-0.05, 0) is 229 Å². The summed E-state index contributed by atoms with van der Waals surface area (Å²) in [7, 11) is 0. The summed E-state index contributed by atoms with van der Waals surface area (Å²) in [6, 6.07) is 157. The van der Waals surface area contributed by atoms with Gasteiger partial charge in [-0.25, -0.2) is 0 Å². The van der Waals surface area contributed by atoms with Crippen molar-refractivity contribution in [3.8, 4) is 55.6 Å². The molecule has 0 bridgehead atoms. The smallest absolute Gasteiger partial charge is 0.0634 e. The Morgan fingerprint density at radius 3 is 0.740 bits per heavy atom. The van der Waals surface area contributed by atoms with Crippen molar-refractivity contribution in [1.82, 2.24) is 17.6 Å². The van der Waals surface area contributed by atoms with Gasteiger partial charge >= 0.3 is 0 Å². The van der Waals surface area contributed by atoms with Crippen molar-refractivity contribution in [3.63, 3.8) is 0 Å². The van der Waals surface area contributed by atoms with E-state index in [0.29, 0.717) is 0 Å². The average molecular weight is 1870 g/mol. The molecular weight excluding hydrogens is 1770 g/mol. The molecule has 0 atom stereocenters. The van der Waals surface area contributed by atoms with Gasteiger partial charge in [-0.15, -0.1) is 0 Å². The highest BCUT2D eigenvalue weighted by atomic mass is 15.2. The predicted octanol–water partition coefficient (Wildman–Crippen LogP) is 38.0. The van der Waals surface area contributed by atoms with E-state index < -0.39 is 0 Å². The van der Waals surface area contributed by atoms with Crippen LogP contribution in [0.4, 0.5) is 56.9 Å². The van der Waals surface area contributed by atoms with Crippen LogP contribution in [-0.2, 0) is 12.8 Å². The molecule has 690 valence electrons. The molecule has 0 radical (unpaired) electrons. The first kappa shape index (κ1) is 83.5. The number of allylic oxidation sites excluding steroid dienone is 8. The SMILES string of the molecule is CCc1ccc(N(c2ccccc2)c2cccc3c2c2cccc4c5c(-c6ccc(-c7ccc(-c8c9c%10cccc%11c%12c(N(C%13=CC=CCC%13)c%13ccccc%13C)cccc%12n(c9c(-c9ccccc9)c9c%12cccc%13c%14c(N(C%15=CC=CCC%15)c%15ccccc%15C)cccc%14n(c89)c%13%12)c%11%10)cc7)cc6)c6c(c(-c7ccccc7)c5n3c24)c2cccc3c4c(N(c5ccccc5)c5ccc(CC)cc5)cccc4n6c32)cc1. The number of nitrogens with zero attached hydrogens (tertiary/aromatic N) is 8. The summed E-state index contributed by atoms with van der Waals surface area (Å²) in [5.41, 5.74) is 45.0. The Labute approximate surface area is 844 Å². The molecule has 0 aliphatic heterocycles. The molecule has 8 nitrogen and oxygen atoms in total. The van der Waals surface area contributed by atoms with Crippen LogP contribution in [0.1, 0.15) is 61.8 Å². The molecule has 0 amide bonds. The molecule has 0 saturated heterocycles. The second kappa shape index (κ2) is 32.7. The van der Waals surface area contributed by atoms with Crippen LogP contribution in [0.5, 0.6) is 0 Å². The third kappa shape index (κ3) is 12.0. The van der Waals surface area contributed by atoms with E-state index in [0.717, 1.165) is 111 Å². The fourth-order valence-electron chi connectivity index (χ4n) is 26.1. The molecule has 8 heteroatoms. The molecule has 2 aliphatic rings. The second-order valence-electron chi connectivity index (χ2n) is 40.0. The summed E-state index contributed by atoms with van der Waals surface area (Å²) in [4.78, 5) is 10.1. The van der Waals surface area contributed by atoms with E-state index in [-0.39, 0.29) is 0 Å². The minimum atomic E-state index is 0.923. The lowest BCUT2D eigenvalue weighted by Gasteiger charge is -2.31. The average Bonchev–Trinajstić information content (AvgIpc) is 1.49. The topological polar surface area (TPSA) is 30.6 Å². The minimum absolute atomic E-state index is 0.923. The molecule has 8 aromatic heterocycles. The quantitative estimate of drug-likeness (QED) is 0.0807. The highest BCUT2D eigenvalue weighted by Gasteiger charge is 2.38. The predicted molar refractivity (Wildman–Crippen MR) is 620 cm³/mol. The third-order valence-corrected chi connectivity index (χ3v) is 32.3. The van der Waals surface area contributed by atoms with Gasteiger partial charge in [-0.1, -0.05) is 341 Å². The molecule has 2 aliphatic carbocycles. The number of anilines is 10. The zero-order valence-electron chi connectivity index (χ0n) is 81.5. The number of hydrogen-bond acceptors (Lipinski definition) is 4. The number of benzene rings is 20. The van der Waals surface area contributed by atoms with Crippen molar-refractivity contribution < 1.29 is 0 Å². The Morgan fingerprint density at radius 2 is 0.452 bits per heavy atom. The van der Waals surface area contributed by atoms with Crippen LogP contribution in [-0.4, -0.2) is 17.6 Å². The van der Waals surface area contributed by atoms with Crippen LogP contribution in [0.3, 0.4) is 0 Å². The maximum Gasteiger partial charge on any atom is 0.0634 e. The lowest BCUT2D eigenvalue weighted by Crippen LogP contribution is -2.18. The van der Waals surface area contributed by atoms with Crippen LogP contribution in [0.2, 0.25) is 0 Å². The molecule has 8 heterocycles. The fraction of sp³-hybridized carbons (Fsp3) is 0.0725. The van der Waals surface area contributed by atoms with Gasteiger partial charge in [0.2, 0.25) is 0 Å². The largest absolute Gasteiger partial charge is 0.313 e. The van der Waals surface area contributed by atoms with E-state index in [1.807, 2.05) is 0 Å². The normalized spacial score (nSPS) is 13.2. The summed E-state index contributed by atoms with van der Waals surface area (Å²) < 4.78 is 10.7. The molecule has 28 aromatic rings. The number of aryl methyl sites for hydroxylation is 4. The van der Waals surface area contributed by atoms with Crippen LogP contribution in [0.25, 0.3) is 208 Å². The third-order valence-electron chi connectivity index (χ3n) is 32.3. The van der Waals surface area contributed by atoms with Crippen molar-refractivity contribution in [1.29, 1.82) is 0 Å². The van der Waals surface area contributed by atoms with Gasteiger partial charge in [0.15, 0.2) is 0 Å². The molecule has 30 rings (SSSR count). The van der Waals surface area contributed by atoms with Gasteiger partial charge < -0.3 is 37.2 Å². The minimum Gasteiger partial charge on any atom is -0.313 e. The van der Waals surface area contributed by atoms with Crippen molar-refractivity contribution in [2.45, 2.75) is 66.2 Å². The molecule has 0 saturated carbocycles. The summed E-state index contributed by atoms with van der Waals surface area (Å²) in [6.45, 7) is 9.00. The Morgan fingerprint density at radius 1 is 0.205 bits per heavy atom. The maximum absolute atomic E-state index is 2.70. The summed E-state index contributed by atoms with van der Waals surface area (Å²) >= 11 is 0. The van der Waals surface area contributed by atoms with Crippen molar-refractivity contribution in [3.05, 3.63) is 483 Å². The van der Waals surface area contributed by atoms with Gasteiger partial charge in [0.25, 0.3) is 0 Å². The zero-order chi connectivity index (χ0) is 96.4. The van der Waals surface area contributed by atoms with Crippen LogP contribution in [0, 0.1) is 13.8 Å². The number of hydrogen-bond donors (Lipinski definition) is 0. The molecule has 20 aromatic carbocycles. The summed E-state index contributed by atoms with van der Waals surface area (Å²) in [5, 5.41) is 19.5. The van der Waals surface area contributed by atoms with Gasteiger partial charge in [-0.2, -0.15) is 0 Å². The van der Waals surface area contributed by atoms with Crippen molar-refractivity contribution >= 4 is 209 Å². The molecular formula is C138H98N8. The number of para-hydroxylation sites is 8. The molecule has 0 fully saturated rings. The van der Waals surface area contributed by atoms with E-state index >= 15 is 0 Å². The summed E-state index contributed by atoms with van der Waals surface area (Å²) in [5.74, 6) is 0. The molecule has 146 heavy (non-hydrogen) atoms. The van der Waals surface area contributed by atoms with Crippen LogP contribution >= 0.6 is 0 Å². The van der Waals surface area contributed by atoms with Gasteiger partial charge in [0.1, 0.15) is 0 Å². The lowest BCUT2D eigenvalue weighted by atomic mass is 9.88. The molecule has 0 unspecified atom stereocenters. The van der Waals surface area contributed by atoms with Gasteiger partial charge in [0, 0.05) is 154 Å². The van der Waals surface area contributed by atoms with Crippen LogP contribution < -0.4 is 19.6 Å². The van der Waals surface area contributed by atoms with E-state index in [4.69, 9.17) is 0 Å². The molecule has 0 spiro atoms. The number of aromatic nitrogens is 4. The molecule has 0 N–H and O–H groups in total. The first-order valence-electron chi connectivity index (χ1n) is 51.7. The Bertz CT molecular complexity index is 10300. The number of rotatable bonds is 19. The Balaban J connectivity index is 0.679. The first-order valence-corrected chi connectivity index (χ1v) is 51.7. The number of fused-ring (bicyclic) bond motifs is 24. The van der Waals surface area contributed by atoms with Crippen LogP contribution in [0.15, 0.2) is 460 Å². The van der Waals surface area contributed by atoms with Crippen molar-refractivity contribution in [2.75, 3.05) is 19.6 Å². The monoisotopic (exact) mass is 1870 g/mol. The lowest BCUT2D eigenvalue weighted by molar-refractivity contribution is 0.917. The van der Waals surface area contributed by atoms with E-state index in [1.54, 1.807) is 0 Å². The highest BCUT2D eigenvalue weighted by Crippen LogP contribution is 2.61. The van der Waals surface area contributed by atoms with Gasteiger partial charge in [0.05, 0.1) is 88.9 Å².